The molecular weight excluding hydrogens is 1590 g/mol. The van der Waals surface area contributed by atoms with Gasteiger partial charge in [0.1, 0.15) is 0 Å². The predicted molar refractivity (Wildman–Crippen MR) is 555 cm³/mol. The Morgan fingerprint density at radius 3 is 0.576 bits per heavy atom. The van der Waals surface area contributed by atoms with Crippen molar-refractivity contribution in [3.63, 3.8) is 0 Å². The Kier molecular flexibility index (Phi) is 21.1. The van der Waals surface area contributed by atoms with E-state index < -0.39 is 0 Å². The lowest BCUT2D eigenvalue weighted by Crippen LogP contribution is -2.23. The third-order valence-electron chi connectivity index (χ3n) is 28.5. The molecule has 0 spiro atoms. The maximum atomic E-state index is 2.45. The molecule has 3 nitrogen and oxygen atoms in total. The average molecular weight is 1690 g/mol. The van der Waals surface area contributed by atoms with Crippen LogP contribution in [-0.4, -0.2) is 0 Å². The van der Waals surface area contributed by atoms with Crippen LogP contribution in [0.4, 0.5) is 51.2 Å². The second-order valence-corrected chi connectivity index (χ2v) is 36.2. The molecule has 0 N–H and O–H groups in total. The zero-order chi connectivity index (χ0) is 88.9. The topological polar surface area (TPSA) is 9.72 Å². The lowest BCUT2D eigenvalue weighted by atomic mass is 9.74. The van der Waals surface area contributed by atoms with E-state index in [1.54, 1.807) is 0 Å². The van der Waals surface area contributed by atoms with E-state index >= 15 is 0 Å². The third-order valence-corrected chi connectivity index (χ3v) is 28.5. The van der Waals surface area contributed by atoms with E-state index in [0.29, 0.717) is 0 Å². The van der Waals surface area contributed by atoms with E-state index in [1.807, 2.05) is 0 Å². The van der Waals surface area contributed by atoms with Gasteiger partial charge in [0.25, 0.3) is 0 Å². The van der Waals surface area contributed by atoms with E-state index in [2.05, 4.69) is 559 Å². The first-order valence-corrected chi connectivity index (χ1v) is 46.1. The van der Waals surface area contributed by atoms with E-state index in [9.17, 15) is 0 Å². The summed E-state index contributed by atoms with van der Waals surface area (Å²) in [6.07, 6.45) is 0. The Bertz CT molecular complexity index is 7490. The van der Waals surface area contributed by atoms with Crippen molar-refractivity contribution in [3.05, 3.63) is 571 Å². The molecule has 0 saturated heterocycles. The van der Waals surface area contributed by atoms with Crippen LogP contribution in [0.2, 0.25) is 0 Å². The van der Waals surface area contributed by atoms with E-state index in [-0.39, 0.29) is 21.7 Å². The van der Waals surface area contributed by atoms with Crippen LogP contribution in [0.3, 0.4) is 0 Å². The zero-order valence-electron chi connectivity index (χ0n) is 74.8. The molecule has 3 unspecified atom stereocenters. The minimum absolute atomic E-state index is 0.0871. The standard InChI is InChI=1S/C47H37N.C44H33N.C38H29N/c1-46(2)42-20-12-10-18-38(42)40-28-26-36(30-44(40)46)48(35-24-22-33(23-25-35)32-14-6-4-7-15-32)37-27-29-41-39-19-11-13-21-43(39)47(3,45(41)31-37)34-16-8-5-9-17-34;1-44(36-17-9-4-10-18-36)42-20-12-11-19-40(42)41-30-29-39(31-43(41)44)45(37-25-21-34(22-26-37)32-13-5-2-6-14-32)38-27-23-35(24-28-38)33-15-7-3-8-16-33;1-38(30-15-7-3-8-16-30)36-20-12-11-19-34(36)35-26-25-33(27-37(35)38)39(31-17-9-4-10-18-31)32-23-21-29(22-24-32)28-13-5-2-6-14-28/h4-31H,1-3H3;2-31H,1H3;2-27H,1H3. The molecular formula is C129H99N3. The quantitative estimate of drug-likeness (QED) is 0.0955. The lowest BCUT2D eigenvalue weighted by molar-refractivity contribution is 0.660. The maximum absolute atomic E-state index is 2.45. The van der Waals surface area contributed by atoms with Crippen molar-refractivity contribution in [2.75, 3.05) is 14.7 Å². The molecule has 0 radical (unpaired) electrons. The van der Waals surface area contributed by atoms with Crippen LogP contribution >= 0.6 is 0 Å². The summed E-state index contributed by atoms with van der Waals surface area (Å²) < 4.78 is 0. The summed E-state index contributed by atoms with van der Waals surface area (Å²) >= 11 is 0. The van der Waals surface area contributed by atoms with Crippen molar-refractivity contribution in [1.29, 1.82) is 0 Å². The average Bonchev–Trinajstić information content (AvgIpc) is 1.57. The molecule has 24 rings (SSSR count). The number of benzene rings is 20. The number of nitrogens with zero attached hydrogens (tertiary/aromatic N) is 3. The van der Waals surface area contributed by atoms with Crippen molar-refractivity contribution in [2.45, 2.75) is 56.3 Å². The highest BCUT2D eigenvalue weighted by Gasteiger charge is 2.45. The van der Waals surface area contributed by atoms with Gasteiger partial charge in [-0.15, -0.1) is 0 Å². The first kappa shape index (κ1) is 81.5. The Hall–Kier alpha value is -16.2. The number of anilines is 9. The summed E-state index contributed by atoms with van der Waals surface area (Å²) in [7, 11) is 0. The van der Waals surface area contributed by atoms with E-state index in [0.717, 1.165) is 45.5 Å². The summed E-state index contributed by atoms with van der Waals surface area (Å²) in [5, 5.41) is 0. The van der Waals surface area contributed by atoms with Gasteiger partial charge in [0, 0.05) is 72.8 Å². The fraction of sp³-hybridized carbons (Fsp3) is 0.0698. The van der Waals surface area contributed by atoms with Gasteiger partial charge in [0.05, 0.1) is 0 Å². The summed E-state index contributed by atoms with van der Waals surface area (Å²) in [6.45, 7) is 11.9. The first-order valence-electron chi connectivity index (χ1n) is 46.1. The monoisotopic (exact) mass is 1690 g/mol. The molecule has 0 bridgehead atoms. The number of hydrogen-bond donors (Lipinski definition) is 0. The Labute approximate surface area is 776 Å². The predicted octanol–water partition coefficient (Wildman–Crippen LogP) is 34.4. The Balaban J connectivity index is 0.000000116. The smallest absolute Gasteiger partial charge is 0.0465 e. The molecule has 4 aliphatic carbocycles. The second kappa shape index (κ2) is 34.1. The molecule has 3 atom stereocenters. The normalized spacial score (nSPS) is 15.6. The van der Waals surface area contributed by atoms with Crippen LogP contribution < -0.4 is 14.7 Å². The Morgan fingerprint density at radius 1 is 0.129 bits per heavy atom. The van der Waals surface area contributed by atoms with Gasteiger partial charge in [-0.2, -0.15) is 0 Å². The number of rotatable bonds is 16. The fourth-order valence-electron chi connectivity index (χ4n) is 21.6. The van der Waals surface area contributed by atoms with Crippen LogP contribution in [0, 0.1) is 0 Å². The number of para-hydroxylation sites is 1. The second-order valence-electron chi connectivity index (χ2n) is 36.2. The maximum Gasteiger partial charge on any atom is 0.0465 e. The van der Waals surface area contributed by atoms with Crippen molar-refractivity contribution < 1.29 is 0 Å². The van der Waals surface area contributed by atoms with Gasteiger partial charge in [-0.3, -0.25) is 0 Å². The van der Waals surface area contributed by atoms with Crippen LogP contribution in [0.5, 0.6) is 0 Å². The minimum atomic E-state index is -0.270. The molecule has 4 aliphatic rings. The van der Waals surface area contributed by atoms with Crippen molar-refractivity contribution >= 4 is 51.2 Å². The first-order chi connectivity index (χ1) is 64.9. The van der Waals surface area contributed by atoms with E-state index in [1.165, 1.54) is 156 Å². The molecule has 0 amide bonds. The Morgan fingerprint density at radius 2 is 0.303 bits per heavy atom. The molecule has 20 aromatic rings. The molecule has 0 aliphatic heterocycles. The highest BCUT2D eigenvalue weighted by molar-refractivity contribution is 5.94. The molecule has 20 aromatic carbocycles. The van der Waals surface area contributed by atoms with Crippen LogP contribution in [0.25, 0.3) is 89.0 Å². The third kappa shape index (κ3) is 14.3. The fourth-order valence-corrected chi connectivity index (χ4v) is 21.6. The minimum Gasteiger partial charge on any atom is -0.310 e. The van der Waals surface area contributed by atoms with E-state index in [4.69, 9.17) is 0 Å². The zero-order valence-corrected chi connectivity index (χ0v) is 74.8. The molecule has 0 aromatic heterocycles. The molecule has 0 saturated carbocycles. The van der Waals surface area contributed by atoms with Crippen LogP contribution in [-0.2, 0) is 21.7 Å². The van der Waals surface area contributed by atoms with Gasteiger partial charge in [0.15, 0.2) is 0 Å². The highest BCUT2D eigenvalue weighted by Crippen LogP contribution is 2.59. The van der Waals surface area contributed by atoms with Gasteiger partial charge in [0.2, 0.25) is 0 Å². The van der Waals surface area contributed by atoms with Gasteiger partial charge in [-0.05, 0) is 280 Å². The largest absolute Gasteiger partial charge is 0.310 e. The number of fused-ring (bicyclic) bond motifs is 12. The lowest BCUT2D eigenvalue weighted by Gasteiger charge is -2.31. The van der Waals surface area contributed by atoms with Crippen LogP contribution in [0.15, 0.2) is 510 Å². The molecule has 3 heteroatoms. The molecule has 630 valence electrons. The SMILES string of the molecule is CC1(C)c2ccccc2-c2ccc(N(c3ccc(-c4ccccc4)cc3)c3ccc4c(c3)C(C)(c3ccccc3)c3ccccc3-4)cc21.CC1(c2ccccc2)c2ccccc2-c2ccc(N(c3ccc(-c4ccccc4)cc3)c3ccc(-c4ccccc4)cc3)cc21.CC1(c2ccccc2)c2ccccc2-c2ccc(N(c3ccccc3)c3ccc(-c4ccccc4)cc3)cc21. The van der Waals surface area contributed by atoms with Crippen molar-refractivity contribution in [1.82, 2.24) is 0 Å². The van der Waals surface area contributed by atoms with Gasteiger partial charge in [-0.1, -0.05) is 414 Å². The summed E-state index contributed by atoms with van der Waals surface area (Å²) in [6, 6.07) is 185. The van der Waals surface area contributed by atoms with Crippen molar-refractivity contribution in [2.24, 2.45) is 0 Å². The highest BCUT2D eigenvalue weighted by atomic mass is 15.2. The van der Waals surface area contributed by atoms with Gasteiger partial charge >= 0.3 is 0 Å². The number of hydrogen-bond acceptors (Lipinski definition) is 3. The molecule has 0 fully saturated rings. The van der Waals surface area contributed by atoms with Crippen LogP contribution in [0.1, 0.15) is 95.8 Å². The summed E-state index contributed by atoms with van der Waals surface area (Å²) in [5.74, 6) is 0. The van der Waals surface area contributed by atoms with Gasteiger partial charge < -0.3 is 14.7 Å². The summed E-state index contributed by atoms with van der Waals surface area (Å²) in [5.41, 5.74) is 44.5. The van der Waals surface area contributed by atoms with Crippen molar-refractivity contribution in [3.8, 4) is 89.0 Å². The molecule has 0 heterocycles. The van der Waals surface area contributed by atoms with Gasteiger partial charge in [-0.25, -0.2) is 0 Å². The molecule has 132 heavy (non-hydrogen) atoms. The summed E-state index contributed by atoms with van der Waals surface area (Å²) in [4.78, 5) is 7.20.